The fraction of sp³-hybridized carbons (Fsp3) is 0.500. The van der Waals surface area contributed by atoms with E-state index in [0.29, 0.717) is 18.0 Å². The number of halogens is 1. The molecule has 0 aromatic heterocycles. The van der Waals surface area contributed by atoms with Crippen LogP contribution in [0.3, 0.4) is 0 Å². The van der Waals surface area contributed by atoms with Crippen molar-refractivity contribution < 1.29 is 4.79 Å². The number of nitrogens with one attached hydrogen (secondary N) is 1. The Morgan fingerprint density at radius 2 is 2.11 bits per heavy atom. The van der Waals surface area contributed by atoms with Crippen LogP contribution in [-0.2, 0) is 4.79 Å². The molecule has 1 amide bonds. The van der Waals surface area contributed by atoms with Gasteiger partial charge in [-0.2, -0.15) is 0 Å². The van der Waals surface area contributed by atoms with Crippen LogP contribution in [0.1, 0.15) is 25.8 Å². The molecular weight excluding hydrogens is 248 g/mol. The topological polar surface area (TPSA) is 32.3 Å². The van der Waals surface area contributed by atoms with E-state index in [0.717, 1.165) is 17.8 Å². The van der Waals surface area contributed by atoms with E-state index in [1.165, 1.54) is 0 Å². The standard InChI is InChI=1S/C14H19ClN2O/c1-10-4-5-11(8-12(10)15)17-9-14(2,3)16-7-6-13(17)18/h4-5,8,16H,6-7,9H2,1-3H3. The van der Waals surface area contributed by atoms with Gasteiger partial charge in [0.1, 0.15) is 0 Å². The molecule has 3 nitrogen and oxygen atoms in total. The maximum Gasteiger partial charge on any atom is 0.228 e. The number of carbonyl (C=O) groups is 1. The molecule has 1 N–H and O–H groups in total. The van der Waals surface area contributed by atoms with E-state index in [-0.39, 0.29) is 11.4 Å². The zero-order valence-electron chi connectivity index (χ0n) is 11.1. The van der Waals surface area contributed by atoms with Crippen LogP contribution in [0.25, 0.3) is 0 Å². The molecule has 4 heteroatoms. The van der Waals surface area contributed by atoms with Gasteiger partial charge in [0.05, 0.1) is 0 Å². The van der Waals surface area contributed by atoms with Crippen LogP contribution in [0.5, 0.6) is 0 Å². The molecule has 1 aliphatic rings. The average Bonchev–Trinajstić information content (AvgIpc) is 2.42. The second kappa shape index (κ2) is 4.90. The van der Waals surface area contributed by atoms with E-state index >= 15 is 0 Å². The van der Waals surface area contributed by atoms with Crippen molar-refractivity contribution in [2.75, 3.05) is 18.0 Å². The van der Waals surface area contributed by atoms with E-state index in [2.05, 4.69) is 19.2 Å². The molecule has 1 heterocycles. The molecule has 1 aromatic carbocycles. The first-order chi connectivity index (χ1) is 8.39. The van der Waals surface area contributed by atoms with E-state index < -0.39 is 0 Å². The Morgan fingerprint density at radius 3 is 2.78 bits per heavy atom. The SMILES string of the molecule is Cc1ccc(N2CC(C)(C)NCCC2=O)cc1Cl. The van der Waals surface area contributed by atoms with Gasteiger partial charge in [-0.15, -0.1) is 0 Å². The molecule has 0 unspecified atom stereocenters. The predicted octanol–water partition coefficient (Wildman–Crippen LogP) is 2.75. The number of aryl methyl sites for hydroxylation is 1. The number of anilines is 1. The van der Waals surface area contributed by atoms with Crippen molar-refractivity contribution in [1.29, 1.82) is 0 Å². The van der Waals surface area contributed by atoms with Gasteiger partial charge in [-0.1, -0.05) is 17.7 Å². The summed E-state index contributed by atoms with van der Waals surface area (Å²) >= 11 is 6.14. The summed E-state index contributed by atoms with van der Waals surface area (Å²) in [5.41, 5.74) is 1.83. The summed E-state index contributed by atoms with van der Waals surface area (Å²) in [5.74, 6) is 0.146. The second-order valence-corrected chi connectivity index (χ2v) is 5.88. The van der Waals surface area contributed by atoms with Gasteiger partial charge in [-0.05, 0) is 38.5 Å². The minimum atomic E-state index is -0.0798. The highest BCUT2D eigenvalue weighted by atomic mass is 35.5. The summed E-state index contributed by atoms with van der Waals surface area (Å²) in [6, 6.07) is 5.78. The summed E-state index contributed by atoms with van der Waals surface area (Å²) in [6.45, 7) is 7.55. The average molecular weight is 267 g/mol. The van der Waals surface area contributed by atoms with Gasteiger partial charge < -0.3 is 10.2 Å². The number of benzene rings is 1. The van der Waals surface area contributed by atoms with Crippen molar-refractivity contribution in [3.05, 3.63) is 28.8 Å². The molecule has 18 heavy (non-hydrogen) atoms. The molecule has 1 fully saturated rings. The Hall–Kier alpha value is -1.06. The highest BCUT2D eigenvalue weighted by Crippen LogP contribution is 2.26. The molecule has 0 spiro atoms. The molecule has 98 valence electrons. The number of rotatable bonds is 1. The lowest BCUT2D eigenvalue weighted by molar-refractivity contribution is -0.118. The van der Waals surface area contributed by atoms with Gasteiger partial charge >= 0.3 is 0 Å². The fourth-order valence-electron chi connectivity index (χ4n) is 2.17. The smallest absolute Gasteiger partial charge is 0.228 e. The van der Waals surface area contributed by atoms with Gasteiger partial charge in [0.2, 0.25) is 5.91 Å². The molecular formula is C14H19ClN2O. The zero-order valence-corrected chi connectivity index (χ0v) is 11.8. The Kier molecular flexibility index (Phi) is 3.64. The van der Waals surface area contributed by atoms with Gasteiger partial charge in [-0.3, -0.25) is 4.79 Å². The third-order valence-electron chi connectivity index (χ3n) is 3.26. The first-order valence-electron chi connectivity index (χ1n) is 6.21. The quantitative estimate of drug-likeness (QED) is 0.848. The van der Waals surface area contributed by atoms with Crippen LogP contribution in [0.4, 0.5) is 5.69 Å². The highest BCUT2D eigenvalue weighted by Gasteiger charge is 2.29. The Morgan fingerprint density at radius 1 is 1.39 bits per heavy atom. The van der Waals surface area contributed by atoms with E-state index in [1.807, 2.05) is 30.0 Å². The van der Waals surface area contributed by atoms with Crippen molar-refractivity contribution >= 4 is 23.2 Å². The van der Waals surface area contributed by atoms with Crippen molar-refractivity contribution in [1.82, 2.24) is 5.32 Å². The lowest BCUT2D eigenvalue weighted by Gasteiger charge is -2.30. The third kappa shape index (κ3) is 2.85. The summed E-state index contributed by atoms with van der Waals surface area (Å²) in [4.78, 5) is 14.0. The van der Waals surface area contributed by atoms with Crippen LogP contribution in [0, 0.1) is 6.92 Å². The first kappa shape index (κ1) is 13.4. The van der Waals surface area contributed by atoms with E-state index in [4.69, 9.17) is 11.6 Å². The number of hydrogen-bond donors (Lipinski definition) is 1. The summed E-state index contributed by atoms with van der Waals surface area (Å²) in [6.07, 6.45) is 0.523. The Labute approximate surface area is 113 Å². The minimum Gasteiger partial charge on any atom is -0.311 e. The Balaban J connectivity index is 2.33. The number of amides is 1. The van der Waals surface area contributed by atoms with Crippen LogP contribution in [0.2, 0.25) is 5.02 Å². The molecule has 1 aromatic rings. The molecule has 0 atom stereocenters. The summed E-state index contributed by atoms with van der Waals surface area (Å²) in [5, 5.41) is 4.09. The van der Waals surface area contributed by atoms with Crippen molar-refractivity contribution in [3.63, 3.8) is 0 Å². The summed E-state index contributed by atoms with van der Waals surface area (Å²) < 4.78 is 0. The molecule has 0 radical (unpaired) electrons. The van der Waals surface area contributed by atoms with Crippen LogP contribution in [-0.4, -0.2) is 24.5 Å². The van der Waals surface area contributed by atoms with Crippen LogP contribution >= 0.6 is 11.6 Å². The van der Waals surface area contributed by atoms with Gasteiger partial charge in [0, 0.05) is 35.8 Å². The maximum absolute atomic E-state index is 12.1. The first-order valence-corrected chi connectivity index (χ1v) is 6.58. The van der Waals surface area contributed by atoms with Gasteiger partial charge in [-0.25, -0.2) is 0 Å². The monoisotopic (exact) mass is 266 g/mol. The molecule has 1 aliphatic heterocycles. The van der Waals surface area contributed by atoms with Crippen molar-refractivity contribution in [2.24, 2.45) is 0 Å². The van der Waals surface area contributed by atoms with Crippen LogP contribution < -0.4 is 10.2 Å². The maximum atomic E-state index is 12.1. The van der Waals surface area contributed by atoms with Gasteiger partial charge in [0.25, 0.3) is 0 Å². The van der Waals surface area contributed by atoms with Crippen molar-refractivity contribution in [3.8, 4) is 0 Å². The lowest BCUT2D eigenvalue weighted by atomic mass is 10.1. The molecule has 1 saturated heterocycles. The van der Waals surface area contributed by atoms with Gasteiger partial charge in [0.15, 0.2) is 0 Å². The minimum absolute atomic E-state index is 0.0798. The largest absolute Gasteiger partial charge is 0.311 e. The normalized spacial score (nSPS) is 19.8. The number of carbonyl (C=O) groups excluding carboxylic acids is 1. The molecule has 0 saturated carbocycles. The third-order valence-corrected chi connectivity index (χ3v) is 3.67. The fourth-order valence-corrected chi connectivity index (χ4v) is 2.34. The summed E-state index contributed by atoms with van der Waals surface area (Å²) in [7, 11) is 0. The second-order valence-electron chi connectivity index (χ2n) is 5.47. The highest BCUT2D eigenvalue weighted by molar-refractivity contribution is 6.31. The van der Waals surface area contributed by atoms with E-state index in [9.17, 15) is 4.79 Å². The lowest BCUT2D eigenvalue weighted by Crippen LogP contribution is -2.47. The van der Waals surface area contributed by atoms with E-state index in [1.54, 1.807) is 0 Å². The number of hydrogen-bond acceptors (Lipinski definition) is 2. The van der Waals surface area contributed by atoms with Crippen molar-refractivity contribution in [2.45, 2.75) is 32.7 Å². The Bertz CT molecular complexity index is 471. The molecule has 0 aliphatic carbocycles. The van der Waals surface area contributed by atoms with Crippen LogP contribution in [0.15, 0.2) is 18.2 Å². The molecule has 2 rings (SSSR count). The molecule has 0 bridgehead atoms. The zero-order chi connectivity index (χ0) is 13.3. The number of nitrogens with zero attached hydrogens (tertiary/aromatic N) is 1. The predicted molar refractivity (Wildman–Crippen MR) is 75.2 cm³/mol.